The van der Waals surface area contributed by atoms with E-state index in [0.29, 0.717) is 0 Å². The molecule has 0 amide bonds. The zero-order chi connectivity index (χ0) is 13.4. The highest BCUT2D eigenvalue weighted by Crippen LogP contribution is 1.84. The van der Waals surface area contributed by atoms with Gasteiger partial charge in [0.05, 0.1) is 39.9 Å². The first kappa shape index (κ1) is 1.84. The number of rotatable bonds is 2. The Labute approximate surface area is 69.8 Å². The molecule has 8 heavy (non-hydrogen) atoms. The van der Waals surface area contributed by atoms with Gasteiger partial charge in [0.15, 0.2) is 0 Å². The van der Waals surface area contributed by atoms with Crippen LogP contribution in [0.4, 0.5) is 0 Å². The molecule has 0 radical (unpaired) electrons. The predicted octanol–water partition coefficient (Wildman–Crippen LogP) is -3.31. The molecule has 0 saturated heterocycles. The van der Waals surface area contributed by atoms with E-state index in [9.17, 15) is 0 Å². The molecule has 0 aromatic rings. The van der Waals surface area contributed by atoms with E-state index >= 15 is 0 Å². The number of halogens is 1. The van der Waals surface area contributed by atoms with Crippen LogP contribution in [0.15, 0.2) is 0 Å². The molecule has 0 aromatic heterocycles. The average molecular weight is 149 g/mol. The lowest BCUT2D eigenvalue weighted by molar-refractivity contribution is -0.870. The van der Waals surface area contributed by atoms with E-state index in [2.05, 4.69) is 0 Å². The van der Waals surface area contributed by atoms with Crippen LogP contribution < -0.4 is 12.4 Å². The first-order chi connectivity index (χ1) is 6.81. The van der Waals surface area contributed by atoms with Gasteiger partial charge in [0.2, 0.25) is 0 Å². The largest absolute Gasteiger partial charge is 1.00 e. The Bertz CT molecular complexity index is 207. The summed E-state index contributed by atoms with van der Waals surface area (Å²) in [7, 11) is 0. The maximum absolute atomic E-state index is 8.73. The second kappa shape index (κ2) is 4.13. The number of hydrogen-bond acceptors (Lipinski definition) is 1. The third kappa shape index (κ3) is 9.51. The number of hydrogen-bond donors (Lipinski definition) is 1. The number of likely N-dealkylation sites (N-methyl/N-ethyl adjacent to an activating group) is 1. The minimum Gasteiger partial charge on any atom is -1.00 e. The smallest absolute Gasteiger partial charge is 0.101 e. The molecule has 0 bridgehead atoms. The molecule has 0 atom stereocenters. The molecular weight excluding hydrogens is 126 g/mol. The predicted molar refractivity (Wildman–Crippen MR) is 30.0 cm³/mol. The monoisotopic (exact) mass is 148 g/mol. The van der Waals surface area contributed by atoms with E-state index in [0.717, 1.165) is 0 Å². The summed E-state index contributed by atoms with van der Waals surface area (Å²) in [6.45, 7) is -11.5. The third-order valence-electron chi connectivity index (χ3n) is 0.435. The molecule has 0 rings (SSSR count). The summed E-state index contributed by atoms with van der Waals surface area (Å²) in [5.74, 6) is 0. The molecule has 0 unspecified atom stereocenters. The van der Waals surface area contributed by atoms with Crippen molar-refractivity contribution < 1.29 is 34.3 Å². The van der Waals surface area contributed by atoms with Gasteiger partial charge in [-0.25, -0.2) is 0 Å². The van der Waals surface area contributed by atoms with Crippen molar-refractivity contribution in [3.63, 3.8) is 0 Å². The Morgan fingerprint density at radius 1 is 1.50 bits per heavy atom. The van der Waals surface area contributed by atoms with Crippen LogP contribution in [0.1, 0.15) is 12.3 Å². The second-order valence-corrected chi connectivity index (χ2v) is 1.26. The quantitative estimate of drug-likeness (QED) is 0.407. The maximum Gasteiger partial charge on any atom is 0.101 e. The Morgan fingerprint density at radius 3 is 2.12 bits per heavy atom. The second-order valence-electron chi connectivity index (χ2n) is 1.26. The van der Waals surface area contributed by atoms with E-state index in [1.54, 1.807) is 0 Å². The van der Waals surface area contributed by atoms with Crippen LogP contribution in [0.5, 0.6) is 0 Å². The lowest BCUT2D eigenvalue weighted by atomic mass is 10.5. The van der Waals surface area contributed by atoms with Gasteiger partial charge >= 0.3 is 0 Å². The third-order valence-corrected chi connectivity index (χ3v) is 0.435. The average Bonchev–Trinajstić information content (AvgIpc) is 1.91. The first-order valence-corrected chi connectivity index (χ1v) is 1.80. The first-order valence-electron chi connectivity index (χ1n) is 6.30. The van der Waals surface area contributed by atoms with Gasteiger partial charge in [-0.1, -0.05) is 0 Å². The molecule has 0 spiro atoms. The standard InChI is InChI=1S/C5H14NO.ClH/c1-6(2,3)4-5-7;/h7H,4-5H2,1-3H3;1H/q+1;/p-1/i1D3,2D3,3D3;. The number of nitrogens with zero attached hydrogens (tertiary/aromatic N) is 1. The summed E-state index contributed by atoms with van der Waals surface area (Å²) in [6, 6.07) is 0. The van der Waals surface area contributed by atoms with E-state index in [1.807, 2.05) is 0 Å². The molecule has 2 nitrogen and oxygen atoms in total. The van der Waals surface area contributed by atoms with Gasteiger partial charge in [-0.05, 0) is 0 Å². The normalized spacial score (nSPS) is 31.9. The molecule has 1 N–H and O–H groups in total. The Hall–Kier alpha value is 0.210. The van der Waals surface area contributed by atoms with Gasteiger partial charge in [0.1, 0.15) is 6.54 Å². The van der Waals surface area contributed by atoms with E-state index in [1.165, 1.54) is 0 Å². The minimum atomic E-state index is -3.26. The van der Waals surface area contributed by atoms with Gasteiger partial charge in [-0.3, -0.25) is 0 Å². The molecule has 0 aliphatic rings. The summed E-state index contributed by atoms with van der Waals surface area (Å²) >= 11 is 0. The Kier molecular flexibility index (Phi) is 0.951. The van der Waals surface area contributed by atoms with Crippen LogP contribution in [0.25, 0.3) is 0 Å². The van der Waals surface area contributed by atoms with Crippen molar-refractivity contribution in [1.82, 2.24) is 0 Å². The van der Waals surface area contributed by atoms with Gasteiger partial charge < -0.3 is 22.0 Å². The topological polar surface area (TPSA) is 20.2 Å². The van der Waals surface area contributed by atoms with Crippen LogP contribution in [0.2, 0.25) is 0 Å². The van der Waals surface area contributed by atoms with Crippen molar-refractivity contribution in [2.45, 2.75) is 0 Å². The Balaban J connectivity index is 0. The van der Waals surface area contributed by atoms with Gasteiger partial charge in [0, 0.05) is 0 Å². The number of quaternary nitrogens is 1. The molecule has 0 fully saturated rings. The van der Waals surface area contributed by atoms with E-state index in [4.69, 9.17) is 17.4 Å². The lowest BCUT2D eigenvalue weighted by Crippen LogP contribution is -3.00. The van der Waals surface area contributed by atoms with Crippen molar-refractivity contribution in [1.29, 1.82) is 0 Å². The lowest BCUT2D eigenvalue weighted by Gasteiger charge is -2.21. The molecule has 3 heteroatoms. The Morgan fingerprint density at radius 2 is 2.00 bits per heavy atom. The summed E-state index contributed by atoms with van der Waals surface area (Å²) in [5, 5.41) is 8.73. The fourth-order valence-corrected chi connectivity index (χ4v) is 0.150. The van der Waals surface area contributed by atoms with Crippen molar-refractivity contribution >= 4 is 0 Å². The van der Waals surface area contributed by atoms with Crippen LogP contribution in [-0.2, 0) is 0 Å². The molecular formula is C5H14ClNO. The van der Waals surface area contributed by atoms with E-state index < -0.39 is 38.6 Å². The van der Waals surface area contributed by atoms with Crippen molar-refractivity contribution in [3.8, 4) is 0 Å². The highest BCUT2D eigenvalue weighted by molar-refractivity contribution is 4.19. The van der Waals surface area contributed by atoms with Crippen molar-refractivity contribution in [2.24, 2.45) is 0 Å². The molecule has 52 valence electrons. The van der Waals surface area contributed by atoms with Crippen LogP contribution >= 0.6 is 0 Å². The van der Waals surface area contributed by atoms with Gasteiger partial charge in [-0.15, -0.1) is 0 Å². The van der Waals surface area contributed by atoms with Crippen LogP contribution in [0, 0.1) is 0 Å². The summed E-state index contributed by atoms with van der Waals surface area (Å²) in [6.07, 6.45) is 0. The fourth-order valence-electron chi connectivity index (χ4n) is 0.150. The zero-order valence-corrected chi connectivity index (χ0v) is 4.94. The highest BCUT2D eigenvalue weighted by atomic mass is 35.5. The molecule has 0 heterocycles. The SMILES string of the molecule is [2H]C([2H])([2H])[N+](CCO)(C([2H])([2H])[2H])C([2H])([2H])[2H].[Cl-]. The zero-order valence-electron chi connectivity index (χ0n) is 13.2. The van der Waals surface area contributed by atoms with Crippen molar-refractivity contribution in [2.75, 3.05) is 34.1 Å². The van der Waals surface area contributed by atoms with Gasteiger partial charge in [0.25, 0.3) is 0 Å². The van der Waals surface area contributed by atoms with Gasteiger partial charge in [-0.2, -0.15) is 0 Å². The summed E-state index contributed by atoms with van der Waals surface area (Å²) in [4.78, 5) is 0. The number of aliphatic hydroxyl groups is 1. The minimum absolute atomic E-state index is 0. The summed E-state index contributed by atoms with van der Waals surface area (Å²) in [5.41, 5.74) is 0. The fraction of sp³-hybridized carbons (Fsp3) is 1.00. The van der Waals surface area contributed by atoms with Crippen molar-refractivity contribution in [3.05, 3.63) is 0 Å². The molecule has 0 aliphatic heterocycles. The van der Waals surface area contributed by atoms with Crippen LogP contribution in [-0.4, -0.2) is 43.7 Å². The molecule has 0 aliphatic carbocycles. The maximum atomic E-state index is 8.73. The van der Waals surface area contributed by atoms with E-state index in [-0.39, 0.29) is 12.4 Å². The number of aliphatic hydroxyl groups excluding tert-OH is 1. The van der Waals surface area contributed by atoms with Crippen LogP contribution in [0.3, 0.4) is 0 Å². The molecule has 0 saturated carbocycles. The highest BCUT2D eigenvalue weighted by Gasteiger charge is 2.02. The summed E-state index contributed by atoms with van der Waals surface area (Å²) < 4.78 is 62.0. The molecule has 0 aromatic carbocycles.